The lowest BCUT2D eigenvalue weighted by Gasteiger charge is -2.17. The Morgan fingerprint density at radius 1 is 1.41 bits per heavy atom. The summed E-state index contributed by atoms with van der Waals surface area (Å²) in [5.41, 5.74) is 1.08. The summed E-state index contributed by atoms with van der Waals surface area (Å²) in [6.45, 7) is 2.92. The molecular weight excluding hydrogens is 302 g/mol. The number of hydrogen-bond donors (Lipinski definition) is 1. The van der Waals surface area contributed by atoms with E-state index < -0.39 is 0 Å². The smallest absolute Gasteiger partial charge is 0.125 e. The zero-order valence-electron chi connectivity index (χ0n) is 9.41. The highest BCUT2D eigenvalue weighted by molar-refractivity contribution is 9.10. The molecule has 1 aromatic carbocycles. The van der Waals surface area contributed by atoms with Gasteiger partial charge in [-0.05, 0) is 42.4 Å². The molecule has 0 aliphatic heterocycles. The monoisotopic (exact) mass is 313 g/mol. The van der Waals surface area contributed by atoms with Crippen LogP contribution in [0.5, 0.6) is 0 Å². The van der Waals surface area contributed by atoms with Crippen molar-refractivity contribution in [3.63, 3.8) is 0 Å². The van der Waals surface area contributed by atoms with Crippen LogP contribution in [0.3, 0.4) is 0 Å². The van der Waals surface area contributed by atoms with Crippen molar-refractivity contribution in [1.29, 1.82) is 0 Å². The molecule has 17 heavy (non-hydrogen) atoms. The highest BCUT2D eigenvalue weighted by atomic mass is 79.9. The van der Waals surface area contributed by atoms with Crippen LogP contribution >= 0.6 is 27.5 Å². The van der Waals surface area contributed by atoms with Crippen LogP contribution in [0, 0.1) is 0 Å². The Kier molecular flexibility index (Phi) is 4.26. The van der Waals surface area contributed by atoms with E-state index in [2.05, 4.69) is 28.2 Å². The van der Waals surface area contributed by atoms with Gasteiger partial charge in [0.05, 0.1) is 12.3 Å². The Morgan fingerprint density at radius 2 is 2.24 bits per heavy atom. The Morgan fingerprint density at radius 3 is 2.88 bits per heavy atom. The largest absolute Gasteiger partial charge is 0.467 e. The highest BCUT2D eigenvalue weighted by Gasteiger charge is 2.18. The van der Waals surface area contributed by atoms with E-state index in [1.807, 2.05) is 30.3 Å². The normalized spacial score (nSPS) is 12.6. The van der Waals surface area contributed by atoms with Gasteiger partial charge in [-0.2, -0.15) is 0 Å². The molecule has 1 N–H and O–H groups in total. The standard InChI is InChI=1S/C13H13BrClNO/c1-2-16-13(12-4-3-7-17-12)10-8-9(15)5-6-11(10)14/h3-8,13,16H,2H2,1H3. The molecule has 0 aliphatic carbocycles. The fourth-order valence-corrected chi connectivity index (χ4v) is 2.42. The van der Waals surface area contributed by atoms with Gasteiger partial charge in [0.15, 0.2) is 0 Å². The highest BCUT2D eigenvalue weighted by Crippen LogP contribution is 2.31. The van der Waals surface area contributed by atoms with Gasteiger partial charge in [-0.3, -0.25) is 0 Å². The second-order valence-corrected chi connectivity index (χ2v) is 4.96. The second kappa shape index (κ2) is 5.71. The topological polar surface area (TPSA) is 25.2 Å². The van der Waals surface area contributed by atoms with Crippen molar-refractivity contribution >= 4 is 27.5 Å². The molecule has 2 nitrogen and oxygen atoms in total. The molecule has 1 aromatic heterocycles. The number of furan rings is 1. The lowest BCUT2D eigenvalue weighted by atomic mass is 10.0. The molecule has 1 unspecified atom stereocenters. The summed E-state index contributed by atoms with van der Waals surface area (Å²) in [6.07, 6.45) is 1.68. The van der Waals surface area contributed by atoms with Gasteiger partial charge in [-0.25, -0.2) is 0 Å². The number of halogens is 2. The SMILES string of the molecule is CCNC(c1ccco1)c1cc(Cl)ccc1Br. The van der Waals surface area contributed by atoms with E-state index >= 15 is 0 Å². The van der Waals surface area contributed by atoms with E-state index in [1.54, 1.807) is 6.26 Å². The summed E-state index contributed by atoms with van der Waals surface area (Å²) >= 11 is 9.59. The summed E-state index contributed by atoms with van der Waals surface area (Å²) in [7, 11) is 0. The molecule has 0 bridgehead atoms. The third-order valence-electron chi connectivity index (χ3n) is 2.50. The minimum Gasteiger partial charge on any atom is -0.467 e. The molecule has 1 atom stereocenters. The number of rotatable bonds is 4. The molecule has 0 radical (unpaired) electrons. The van der Waals surface area contributed by atoms with Crippen molar-refractivity contribution in [3.8, 4) is 0 Å². The van der Waals surface area contributed by atoms with Crippen LogP contribution < -0.4 is 5.32 Å². The summed E-state index contributed by atoms with van der Waals surface area (Å²) in [6, 6.07) is 9.62. The maximum absolute atomic E-state index is 6.04. The van der Waals surface area contributed by atoms with Crippen LogP contribution in [0.25, 0.3) is 0 Å². The van der Waals surface area contributed by atoms with E-state index in [4.69, 9.17) is 16.0 Å². The van der Waals surface area contributed by atoms with Crippen LogP contribution in [0.2, 0.25) is 5.02 Å². The fraction of sp³-hybridized carbons (Fsp3) is 0.231. The third kappa shape index (κ3) is 2.92. The molecule has 90 valence electrons. The molecule has 2 aromatic rings. The molecule has 0 spiro atoms. The van der Waals surface area contributed by atoms with Crippen LogP contribution in [0.15, 0.2) is 45.5 Å². The zero-order chi connectivity index (χ0) is 12.3. The first kappa shape index (κ1) is 12.7. The Labute approximate surface area is 114 Å². The minimum absolute atomic E-state index is 0.0167. The molecule has 0 aliphatic rings. The molecular formula is C13H13BrClNO. The number of benzene rings is 1. The minimum atomic E-state index is 0.0167. The summed E-state index contributed by atoms with van der Waals surface area (Å²) < 4.78 is 6.49. The zero-order valence-corrected chi connectivity index (χ0v) is 11.8. The van der Waals surface area contributed by atoms with Gasteiger partial charge in [0.1, 0.15) is 5.76 Å². The molecule has 1 heterocycles. The first-order valence-electron chi connectivity index (χ1n) is 5.44. The van der Waals surface area contributed by atoms with Crippen molar-refractivity contribution in [2.75, 3.05) is 6.54 Å². The molecule has 0 amide bonds. The molecule has 4 heteroatoms. The van der Waals surface area contributed by atoms with Gasteiger partial charge in [-0.1, -0.05) is 34.5 Å². The van der Waals surface area contributed by atoms with Crippen LogP contribution in [-0.2, 0) is 0 Å². The second-order valence-electron chi connectivity index (χ2n) is 3.67. The van der Waals surface area contributed by atoms with Crippen molar-refractivity contribution in [3.05, 3.63) is 57.4 Å². The van der Waals surface area contributed by atoms with Gasteiger partial charge in [-0.15, -0.1) is 0 Å². The van der Waals surface area contributed by atoms with E-state index in [1.165, 1.54) is 0 Å². The predicted molar refractivity (Wildman–Crippen MR) is 73.4 cm³/mol. The van der Waals surface area contributed by atoms with Crippen LogP contribution in [0.4, 0.5) is 0 Å². The van der Waals surface area contributed by atoms with Crippen molar-refractivity contribution in [2.24, 2.45) is 0 Å². The van der Waals surface area contributed by atoms with E-state index in [9.17, 15) is 0 Å². The number of hydrogen-bond acceptors (Lipinski definition) is 2. The van der Waals surface area contributed by atoms with Gasteiger partial charge in [0, 0.05) is 9.50 Å². The van der Waals surface area contributed by atoms with Gasteiger partial charge < -0.3 is 9.73 Å². The molecule has 2 rings (SSSR count). The number of nitrogens with one attached hydrogen (secondary N) is 1. The van der Waals surface area contributed by atoms with Crippen molar-refractivity contribution < 1.29 is 4.42 Å². The van der Waals surface area contributed by atoms with Crippen molar-refractivity contribution in [1.82, 2.24) is 5.32 Å². The Bertz CT molecular complexity index is 484. The first-order valence-corrected chi connectivity index (χ1v) is 6.61. The average molecular weight is 315 g/mol. The summed E-state index contributed by atoms with van der Waals surface area (Å²) in [4.78, 5) is 0. The van der Waals surface area contributed by atoms with E-state index in [0.29, 0.717) is 0 Å². The summed E-state index contributed by atoms with van der Waals surface area (Å²) in [5.74, 6) is 0.884. The van der Waals surface area contributed by atoms with Crippen LogP contribution in [0.1, 0.15) is 24.3 Å². The predicted octanol–water partition coefficient (Wildman–Crippen LogP) is 4.39. The Hall–Kier alpha value is -0.770. The fourth-order valence-electron chi connectivity index (χ4n) is 1.76. The molecule has 0 saturated heterocycles. The van der Waals surface area contributed by atoms with E-state index in [-0.39, 0.29) is 6.04 Å². The maximum Gasteiger partial charge on any atom is 0.125 e. The first-order chi connectivity index (χ1) is 8.22. The van der Waals surface area contributed by atoms with Gasteiger partial charge >= 0.3 is 0 Å². The van der Waals surface area contributed by atoms with Gasteiger partial charge in [0.2, 0.25) is 0 Å². The van der Waals surface area contributed by atoms with E-state index in [0.717, 1.165) is 27.4 Å². The Balaban J connectivity index is 2.42. The quantitative estimate of drug-likeness (QED) is 0.905. The summed E-state index contributed by atoms with van der Waals surface area (Å²) in [5, 5.41) is 4.11. The average Bonchev–Trinajstić information content (AvgIpc) is 2.83. The van der Waals surface area contributed by atoms with Crippen molar-refractivity contribution in [2.45, 2.75) is 13.0 Å². The lowest BCUT2D eigenvalue weighted by molar-refractivity contribution is 0.451. The lowest BCUT2D eigenvalue weighted by Crippen LogP contribution is -2.21. The molecule has 0 fully saturated rings. The van der Waals surface area contributed by atoms with Gasteiger partial charge in [0.25, 0.3) is 0 Å². The third-order valence-corrected chi connectivity index (χ3v) is 3.46. The molecule has 0 saturated carbocycles. The maximum atomic E-state index is 6.04. The van der Waals surface area contributed by atoms with Crippen LogP contribution in [-0.4, -0.2) is 6.54 Å².